The number of halogens is 1. The van der Waals surface area contributed by atoms with E-state index in [0.29, 0.717) is 28.7 Å². The first-order valence-corrected chi connectivity index (χ1v) is 7.62. The minimum absolute atomic E-state index is 0.337. The molecule has 0 fully saturated rings. The topological polar surface area (TPSA) is 69.0 Å². The van der Waals surface area contributed by atoms with Crippen LogP contribution in [0.1, 0.15) is 16.1 Å². The number of methoxy groups -OCH3 is 1. The average Bonchev–Trinajstić information content (AvgIpc) is 3.04. The van der Waals surface area contributed by atoms with E-state index in [2.05, 4.69) is 15.6 Å². The second-order valence-electron chi connectivity index (χ2n) is 5.06. The van der Waals surface area contributed by atoms with Crippen molar-refractivity contribution in [3.8, 4) is 5.75 Å². The highest BCUT2D eigenvalue weighted by molar-refractivity contribution is 6.31. The Hall–Kier alpha value is -2.86. The molecule has 0 aliphatic carbocycles. The van der Waals surface area contributed by atoms with E-state index in [-0.39, 0.29) is 5.91 Å². The van der Waals surface area contributed by atoms with Crippen LogP contribution in [0.25, 0.3) is 0 Å². The molecule has 3 rings (SSSR count). The number of hydrogen-bond acceptors (Lipinski definition) is 4. The van der Waals surface area contributed by atoms with Crippen molar-refractivity contribution < 1.29 is 9.53 Å². The van der Waals surface area contributed by atoms with E-state index in [1.807, 2.05) is 30.3 Å². The zero-order valence-corrected chi connectivity index (χ0v) is 13.7. The van der Waals surface area contributed by atoms with Crippen molar-refractivity contribution >= 4 is 23.2 Å². The number of nitrogens with zero attached hydrogens (tertiary/aromatic N) is 3. The normalized spacial score (nSPS) is 10.4. The van der Waals surface area contributed by atoms with Crippen molar-refractivity contribution in [3.63, 3.8) is 0 Å². The molecule has 6 nitrogen and oxygen atoms in total. The molecule has 7 heteroatoms. The molecule has 122 valence electrons. The van der Waals surface area contributed by atoms with Gasteiger partial charge in [-0.15, -0.1) is 5.10 Å². The van der Waals surface area contributed by atoms with Crippen LogP contribution in [0.4, 0.5) is 5.69 Å². The van der Waals surface area contributed by atoms with Crippen molar-refractivity contribution in [2.45, 2.75) is 6.54 Å². The standard InChI is InChI=1S/C17H15ClN4O2/c1-24-16-8-7-13(18)9-14(16)20-17(23)15-10-19-21-22(15)11-12-5-3-2-4-6-12/h2-10H,11H2,1H3,(H,20,23). The summed E-state index contributed by atoms with van der Waals surface area (Å²) in [7, 11) is 1.53. The molecule has 0 spiro atoms. The average molecular weight is 343 g/mol. The maximum absolute atomic E-state index is 12.6. The monoisotopic (exact) mass is 342 g/mol. The Morgan fingerprint density at radius 1 is 1.25 bits per heavy atom. The molecular formula is C17H15ClN4O2. The molecule has 0 aliphatic rings. The van der Waals surface area contributed by atoms with Crippen LogP contribution in [0.3, 0.4) is 0 Å². The molecule has 2 aromatic carbocycles. The lowest BCUT2D eigenvalue weighted by atomic mass is 10.2. The molecule has 1 aromatic heterocycles. The largest absolute Gasteiger partial charge is 0.495 e. The van der Waals surface area contributed by atoms with Crippen molar-refractivity contribution in [3.05, 3.63) is 71.0 Å². The van der Waals surface area contributed by atoms with Gasteiger partial charge in [-0.25, -0.2) is 4.68 Å². The summed E-state index contributed by atoms with van der Waals surface area (Å²) in [5.74, 6) is 0.186. The van der Waals surface area contributed by atoms with E-state index in [0.717, 1.165) is 5.56 Å². The fraction of sp³-hybridized carbons (Fsp3) is 0.118. The molecule has 0 atom stereocenters. The van der Waals surface area contributed by atoms with E-state index in [9.17, 15) is 4.79 Å². The summed E-state index contributed by atoms with van der Waals surface area (Å²) >= 11 is 5.98. The van der Waals surface area contributed by atoms with Gasteiger partial charge < -0.3 is 10.1 Å². The molecule has 3 aromatic rings. The lowest BCUT2D eigenvalue weighted by Crippen LogP contribution is -2.18. The third-order valence-corrected chi connectivity index (χ3v) is 3.67. The minimum Gasteiger partial charge on any atom is -0.495 e. The lowest BCUT2D eigenvalue weighted by molar-refractivity contribution is 0.101. The highest BCUT2D eigenvalue weighted by Gasteiger charge is 2.16. The van der Waals surface area contributed by atoms with Gasteiger partial charge >= 0.3 is 0 Å². The molecule has 0 saturated heterocycles. The van der Waals surface area contributed by atoms with Gasteiger partial charge in [0, 0.05) is 5.02 Å². The molecular weight excluding hydrogens is 328 g/mol. The van der Waals surface area contributed by atoms with Gasteiger partial charge in [0.2, 0.25) is 0 Å². The van der Waals surface area contributed by atoms with Crippen LogP contribution in [0.5, 0.6) is 5.75 Å². The number of benzene rings is 2. The van der Waals surface area contributed by atoms with Gasteiger partial charge in [0.15, 0.2) is 0 Å². The fourth-order valence-corrected chi connectivity index (χ4v) is 2.44. The predicted molar refractivity (Wildman–Crippen MR) is 91.5 cm³/mol. The summed E-state index contributed by atoms with van der Waals surface area (Å²) < 4.78 is 6.78. The summed E-state index contributed by atoms with van der Waals surface area (Å²) in [6.07, 6.45) is 1.43. The smallest absolute Gasteiger partial charge is 0.275 e. The number of nitrogens with one attached hydrogen (secondary N) is 1. The fourth-order valence-electron chi connectivity index (χ4n) is 2.27. The van der Waals surface area contributed by atoms with Crippen molar-refractivity contribution in [2.75, 3.05) is 12.4 Å². The second-order valence-corrected chi connectivity index (χ2v) is 5.50. The summed E-state index contributed by atoms with van der Waals surface area (Å²) in [6.45, 7) is 0.455. The van der Waals surface area contributed by atoms with Crippen LogP contribution in [0.15, 0.2) is 54.7 Å². The van der Waals surface area contributed by atoms with Crippen LogP contribution in [-0.2, 0) is 6.54 Å². The Morgan fingerprint density at radius 3 is 2.79 bits per heavy atom. The third kappa shape index (κ3) is 3.55. The number of hydrogen-bond donors (Lipinski definition) is 1. The SMILES string of the molecule is COc1ccc(Cl)cc1NC(=O)c1cnnn1Cc1ccccc1. The summed E-state index contributed by atoms with van der Waals surface area (Å²) in [5.41, 5.74) is 1.86. The first-order chi connectivity index (χ1) is 11.7. The van der Waals surface area contributed by atoms with Crippen LogP contribution >= 0.6 is 11.6 Å². The van der Waals surface area contributed by atoms with Gasteiger partial charge in [-0.3, -0.25) is 4.79 Å². The van der Waals surface area contributed by atoms with Gasteiger partial charge in [0.25, 0.3) is 5.91 Å². The van der Waals surface area contributed by atoms with Crippen LogP contribution in [0.2, 0.25) is 5.02 Å². The molecule has 1 amide bonds. The molecule has 1 N–H and O–H groups in total. The van der Waals surface area contributed by atoms with Crippen molar-refractivity contribution in [2.24, 2.45) is 0 Å². The Labute approximate surface area is 144 Å². The van der Waals surface area contributed by atoms with Crippen LogP contribution in [0, 0.1) is 0 Å². The summed E-state index contributed by atoms with van der Waals surface area (Å²) in [6, 6.07) is 14.7. The van der Waals surface area contributed by atoms with Crippen LogP contribution in [-0.4, -0.2) is 28.0 Å². The lowest BCUT2D eigenvalue weighted by Gasteiger charge is -2.11. The van der Waals surface area contributed by atoms with Gasteiger partial charge in [0.05, 0.1) is 25.5 Å². The molecule has 0 saturated carbocycles. The van der Waals surface area contributed by atoms with Gasteiger partial charge in [-0.05, 0) is 23.8 Å². The maximum Gasteiger partial charge on any atom is 0.275 e. The van der Waals surface area contributed by atoms with E-state index in [4.69, 9.17) is 16.3 Å². The van der Waals surface area contributed by atoms with Gasteiger partial charge in [0.1, 0.15) is 11.4 Å². The third-order valence-electron chi connectivity index (χ3n) is 3.44. The number of rotatable bonds is 5. The maximum atomic E-state index is 12.6. The number of carbonyl (C=O) groups excluding carboxylic acids is 1. The number of ether oxygens (including phenoxy) is 1. The van der Waals surface area contributed by atoms with E-state index < -0.39 is 0 Å². The van der Waals surface area contributed by atoms with Gasteiger partial charge in [-0.1, -0.05) is 47.1 Å². The first kappa shape index (κ1) is 16.0. The highest BCUT2D eigenvalue weighted by Crippen LogP contribution is 2.28. The number of amides is 1. The Bertz CT molecular complexity index is 849. The Morgan fingerprint density at radius 2 is 2.04 bits per heavy atom. The molecule has 0 unspecified atom stereocenters. The van der Waals surface area contributed by atoms with Crippen molar-refractivity contribution in [1.82, 2.24) is 15.0 Å². The zero-order chi connectivity index (χ0) is 16.9. The predicted octanol–water partition coefficient (Wildman–Crippen LogP) is 3.24. The minimum atomic E-state index is -0.337. The number of carbonyl (C=O) groups is 1. The highest BCUT2D eigenvalue weighted by atomic mass is 35.5. The molecule has 0 aliphatic heterocycles. The van der Waals surface area contributed by atoms with Gasteiger partial charge in [-0.2, -0.15) is 0 Å². The quantitative estimate of drug-likeness (QED) is 0.772. The van der Waals surface area contributed by atoms with Crippen LogP contribution < -0.4 is 10.1 Å². The molecule has 24 heavy (non-hydrogen) atoms. The van der Waals surface area contributed by atoms with E-state index in [1.165, 1.54) is 13.3 Å². The molecule has 0 radical (unpaired) electrons. The van der Waals surface area contributed by atoms with E-state index in [1.54, 1.807) is 22.9 Å². The zero-order valence-electron chi connectivity index (χ0n) is 12.9. The Kier molecular flexibility index (Phi) is 4.77. The Balaban J connectivity index is 1.82. The summed E-state index contributed by atoms with van der Waals surface area (Å²) in [4.78, 5) is 12.6. The number of anilines is 1. The van der Waals surface area contributed by atoms with Crippen molar-refractivity contribution in [1.29, 1.82) is 0 Å². The summed E-state index contributed by atoms with van der Waals surface area (Å²) in [5, 5.41) is 11.1. The van der Waals surface area contributed by atoms with E-state index >= 15 is 0 Å². The number of aromatic nitrogens is 3. The second kappa shape index (κ2) is 7.14. The molecule has 0 bridgehead atoms. The first-order valence-electron chi connectivity index (χ1n) is 7.24. The molecule has 1 heterocycles.